The molecule has 0 spiro atoms. The Kier molecular flexibility index (Phi) is 13.3. The molecule has 5 atom stereocenters. The molecule has 11 nitrogen and oxygen atoms in total. The van der Waals surface area contributed by atoms with Crippen LogP contribution in [0.1, 0.15) is 33.6 Å². The predicted octanol–water partition coefficient (Wildman–Crippen LogP) is -1.97. The van der Waals surface area contributed by atoms with Gasteiger partial charge in [0.2, 0.25) is 17.7 Å². The lowest BCUT2D eigenvalue weighted by molar-refractivity contribution is -0.142. The maximum atomic E-state index is 12.5. The molecule has 0 aliphatic carbocycles. The molecule has 0 aromatic rings. The Hall–Kier alpha value is -1.89. The van der Waals surface area contributed by atoms with Gasteiger partial charge in [-0.15, -0.1) is 0 Å². The van der Waals surface area contributed by atoms with Crippen LogP contribution in [0.5, 0.6) is 0 Å². The summed E-state index contributed by atoms with van der Waals surface area (Å²) >= 11 is 1.41. The maximum absolute atomic E-state index is 12.5. The number of hydrogen-bond acceptors (Lipinski definition) is 8. The summed E-state index contributed by atoms with van der Waals surface area (Å²) in [6.45, 7) is 4.22. The van der Waals surface area contributed by atoms with Crippen molar-refractivity contribution >= 4 is 35.5 Å². The van der Waals surface area contributed by atoms with E-state index in [9.17, 15) is 34.5 Å². The molecule has 8 N–H and O–H groups in total. The highest BCUT2D eigenvalue weighted by atomic mass is 32.2. The fraction of sp³-hybridized carbons (Fsp3) is 0.778. The van der Waals surface area contributed by atoms with Gasteiger partial charge in [-0.05, 0) is 37.7 Å². The van der Waals surface area contributed by atoms with Crippen molar-refractivity contribution in [2.45, 2.75) is 63.9 Å². The SMILES string of the molecule is CSCCC(NC(=O)C(CO)NC(=O)C(NC(=O)C(N)CC(C)C)C(C)O)C(=O)O. The Morgan fingerprint density at radius 1 is 0.967 bits per heavy atom. The molecule has 174 valence electrons. The van der Waals surface area contributed by atoms with E-state index in [0.29, 0.717) is 12.2 Å². The minimum absolute atomic E-state index is 0.139. The van der Waals surface area contributed by atoms with Crippen LogP contribution in [-0.4, -0.2) is 87.9 Å². The van der Waals surface area contributed by atoms with Crippen LogP contribution in [0.15, 0.2) is 0 Å². The molecule has 0 aliphatic rings. The maximum Gasteiger partial charge on any atom is 0.326 e. The van der Waals surface area contributed by atoms with Crippen LogP contribution >= 0.6 is 11.8 Å². The summed E-state index contributed by atoms with van der Waals surface area (Å²) in [6, 6.07) is -4.94. The average molecular weight is 451 g/mol. The van der Waals surface area contributed by atoms with Crippen LogP contribution in [0.2, 0.25) is 0 Å². The van der Waals surface area contributed by atoms with Crippen LogP contribution in [-0.2, 0) is 19.2 Å². The van der Waals surface area contributed by atoms with Crippen LogP contribution < -0.4 is 21.7 Å². The smallest absolute Gasteiger partial charge is 0.326 e. The molecule has 0 saturated heterocycles. The Labute approximate surface area is 180 Å². The van der Waals surface area contributed by atoms with E-state index in [0.717, 1.165) is 0 Å². The number of carboxylic acid groups (broad SMARTS) is 1. The lowest BCUT2D eigenvalue weighted by atomic mass is 10.0. The van der Waals surface area contributed by atoms with Crippen molar-refractivity contribution in [1.29, 1.82) is 0 Å². The quantitative estimate of drug-likeness (QED) is 0.157. The fourth-order valence-electron chi connectivity index (χ4n) is 2.50. The molecule has 0 fully saturated rings. The van der Waals surface area contributed by atoms with Crippen LogP contribution in [0.3, 0.4) is 0 Å². The van der Waals surface area contributed by atoms with Gasteiger partial charge in [0.25, 0.3) is 0 Å². The van der Waals surface area contributed by atoms with Crippen molar-refractivity contribution in [3.05, 3.63) is 0 Å². The minimum Gasteiger partial charge on any atom is -0.480 e. The third-order valence-electron chi connectivity index (χ3n) is 4.17. The van der Waals surface area contributed by atoms with Crippen molar-refractivity contribution in [3.63, 3.8) is 0 Å². The summed E-state index contributed by atoms with van der Waals surface area (Å²) < 4.78 is 0. The number of carboxylic acids is 1. The summed E-state index contributed by atoms with van der Waals surface area (Å²) in [5, 5.41) is 35.4. The molecule has 12 heteroatoms. The lowest BCUT2D eigenvalue weighted by Gasteiger charge is -2.26. The first-order valence-corrected chi connectivity index (χ1v) is 11.0. The number of carbonyl (C=O) groups is 4. The van der Waals surface area contributed by atoms with Gasteiger partial charge in [0.05, 0.1) is 18.8 Å². The second kappa shape index (κ2) is 14.2. The summed E-state index contributed by atoms with van der Waals surface area (Å²) in [6.07, 6.45) is 1.01. The Balaban J connectivity index is 5.11. The number of rotatable bonds is 14. The molecule has 0 rings (SSSR count). The molecular formula is C18H34N4O7S. The average Bonchev–Trinajstić information content (AvgIpc) is 2.65. The first-order chi connectivity index (χ1) is 13.9. The number of aliphatic hydroxyl groups excluding tert-OH is 2. The van der Waals surface area contributed by atoms with E-state index in [-0.39, 0.29) is 12.3 Å². The summed E-state index contributed by atoms with van der Waals surface area (Å²) in [4.78, 5) is 48.3. The van der Waals surface area contributed by atoms with E-state index >= 15 is 0 Å². The highest BCUT2D eigenvalue weighted by Crippen LogP contribution is 2.05. The summed E-state index contributed by atoms with van der Waals surface area (Å²) in [7, 11) is 0. The first kappa shape index (κ1) is 28.1. The van der Waals surface area contributed by atoms with Gasteiger partial charge < -0.3 is 37.0 Å². The number of amides is 3. The van der Waals surface area contributed by atoms with Gasteiger partial charge in [-0.3, -0.25) is 14.4 Å². The van der Waals surface area contributed by atoms with Gasteiger partial charge in [-0.1, -0.05) is 13.8 Å². The van der Waals surface area contributed by atoms with Crippen LogP contribution in [0, 0.1) is 5.92 Å². The van der Waals surface area contributed by atoms with Gasteiger partial charge >= 0.3 is 5.97 Å². The molecule has 3 amide bonds. The third kappa shape index (κ3) is 10.2. The Bertz CT molecular complexity index is 589. The van der Waals surface area contributed by atoms with Crippen LogP contribution in [0.25, 0.3) is 0 Å². The Morgan fingerprint density at radius 2 is 1.53 bits per heavy atom. The lowest BCUT2D eigenvalue weighted by Crippen LogP contribution is -2.60. The van der Waals surface area contributed by atoms with Crippen molar-refractivity contribution in [1.82, 2.24) is 16.0 Å². The highest BCUT2D eigenvalue weighted by Gasteiger charge is 2.32. The molecule has 5 unspecified atom stereocenters. The molecule has 0 aromatic heterocycles. The minimum atomic E-state index is -1.46. The molecule has 0 aromatic carbocycles. The number of carbonyl (C=O) groups excluding carboxylic acids is 3. The van der Waals surface area contributed by atoms with Crippen molar-refractivity contribution in [2.75, 3.05) is 18.6 Å². The van der Waals surface area contributed by atoms with E-state index in [4.69, 9.17) is 5.73 Å². The van der Waals surface area contributed by atoms with Gasteiger partial charge in [0, 0.05) is 0 Å². The fourth-order valence-corrected chi connectivity index (χ4v) is 2.97. The van der Waals surface area contributed by atoms with E-state index in [2.05, 4.69) is 16.0 Å². The zero-order chi connectivity index (χ0) is 23.4. The first-order valence-electron chi connectivity index (χ1n) is 9.61. The predicted molar refractivity (Wildman–Crippen MR) is 113 cm³/mol. The highest BCUT2D eigenvalue weighted by molar-refractivity contribution is 7.98. The molecule has 0 aliphatic heterocycles. The van der Waals surface area contributed by atoms with E-state index in [1.807, 2.05) is 13.8 Å². The topological polar surface area (TPSA) is 191 Å². The number of aliphatic carboxylic acids is 1. The third-order valence-corrected chi connectivity index (χ3v) is 4.81. The molecule has 30 heavy (non-hydrogen) atoms. The number of nitrogens with two attached hydrogens (primary N) is 1. The van der Waals surface area contributed by atoms with Crippen molar-refractivity contribution in [3.8, 4) is 0 Å². The van der Waals surface area contributed by atoms with Gasteiger partial charge in [-0.25, -0.2) is 4.79 Å². The van der Waals surface area contributed by atoms with Crippen LogP contribution in [0.4, 0.5) is 0 Å². The van der Waals surface area contributed by atoms with Gasteiger partial charge in [-0.2, -0.15) is 11.8 Å². The molecule has 0 radical (unpaired) electrons. The largest absolute Gasteiger partial charge is 0.480 e. The molecule has 0 bridgehead atoms. The number of nitrogens with one attached hydrogen (secondary N) is 3. The normalized spacial score (nSPS) is 16.1. The van der Waals surface area contributed by atoms with E-state index in [1.165, 1.54) is 18.7 Å². The zero-order valence-corrected chi connectivity index (χ0v) is 18.6. The van der Waals surface area contributed by atoms with E-state index in [1.54, 1.807) is 6.26 Å². The molecule has 0 heterocycles. The Morgan fingerprint density at radius 3 is 1.97 bits per heavy atom. The zero-order valence-electron chi connectivity index (χ0n) is 17.8. The monoisotopic (exact) mass is 450 g/mol. The van der Waals surface area contributed by atoms with Gasteiger partial charge in [0.15, 0.2) is 0 Å². The van der Waals surface area contributed by atoms with Crippen molar-refractivity contribution in [2.24, 2.45) is 11.7 Å². The standard InChI is InChI=1S/C18H34N4O7S/c1-9(2)7-11(19)15(25)22-14(10(3)24)17(27)21-13(8-23)16(26)20-12(18(28)29)5-6-30-4/h9-14,23-24H,5-8,19H2,1-4H3,(H,20,26)(H,21,27)(H,22,25)(H,28,29). The number of aliphatic hydroxyl groups is 2. The van der Waals surface area contributed by atoms with E-state index < -0.39 is 60.6 Å². The van der Waals surface area contributed by atoms with Gasteiger partial charge in [0.1, 0.15) is 18.1 Å². The second-order valence-electron chi connectivity index (χ2n) is 7.39. The number of thioether (sulfide) groups is 1. The summed E-state index contributed by atoms with van der Waals surface area (Å²) in [5.41, 5.74) is 5.78. The second-order valence-corrected chi connectivity index (χ2v) is 8.37. The number of hydrogen-bond donors (Lipinski definition) is 7. The van der Waals surface area contributed by atoms with Crippen molar-refractivity contribution < 1.29 is 34.5 Å². The summed E-state index contributed by atoms with van der Waals surface area (Å²) in [5.74, 6) is -3.07. The molecular weight excluding hydrogens is 416 g/mol. The molecule has 0 saturated carbocycles.